The van der Waals surface area contributed by atoms with Crippen LogP contribution < -0.4 is 0 Å². The predicted octanol–water partition coefficient (Wildman–Crippen LogP) is 9.93. The van der Waals surface area contributed by atoms with E-state index in [1.807, 2.05) is 0 Å². The highest BCUT2D eigenvalue weighted by Gasteiger charge is 2.57. The summed E-state index contributed by atoms with van der Waals surface area (Å²) in [6.07, 6.45) is 30.6. The number of hydrogen-bond acceptors (Lipinski definition) is 4. The van der Waals surface area contributed by atoms with E-state index in [2.05, 4.69) is 13.8 Å². The zero-order valence-corrected chi connectivity index (χ0v) is 28.4. The number of aliphatic hydroxyl groups is 1. The topological polar surface area (TPSA) is 94.9 Å². The fraction of sp³-hybridized carbons (Fsp3) is 0.919. The third-order valence-electron chi connectivity index (χ3n) is 9.50. The largest absolute Gasteiger partial charge is 0.479 e. The number of aliphatic hydroxyl groups excluding tert-OH is 1. The van der Waals surface area contributed by atoms with Gasteiger partial charge in [-0.25, -0.2) is 4.79 Å². The van der Waals surface area contributed by atoms with Crippen LogP contribution in [0.25, 0.3) is 0 Å². The molecule has 1 aliphatic rings. The summed E-state index contributed by atoms with van der Waals surface area (Å²) in [5.41, 5.74) is -1.90. The first-order chi connectivity index (χ1) is 20.9. The van der Waals surface area contributed by atoms with Crippen LogP contribution in [0, 0.1) is 0 Å². The average molecular weight is 608 g/mol. The second kappa shape index (κ2) is 25.9. The van der Waals surface area contributed by atoms with Gasteiger partial charge >= 0.3 is 5.97 Å². The van der Waals surface area contributed by atoms with Gasteiger partial charge in [-0.15, -0.1) is 0 Å². The van der Waals surface area contributed by atoms with Gasteiger partial charge < -0.3 is 15.1 Å². The van der Waals surface area contributed by atoms with Crippen LogP contribution in [0.3, 0.4) is 0 Å². The quantitative estimate of drug-likeness (QED) is 0.0626. The van der Waals surface area contributed by atoms with Crippen molar-refractivity contribution in [1.82, 2.24) is 4.90 Å². The molecule has 2 N–H and O–H groups in total. The number of nitrogens with zero attached hydrogens (tertiary/aromatic N) is 1. The van der Waals surface area contributed by atoms with Gasteiger partial charge in [0.15, 0.2) is 5.78 Å². The maximum Gasteiger partial charge on any atom is 0.337 e. The van der Waals surface area contributed by atoms with Gasteiger partial charge in [-0.05, 0) is 12.8 Å². The number of hydrogen-bond donors (Lipinski definition) is 2. The summed E-state index contributed by atoms with van der Waals surface area (Å²) < 4.78 is 0. The monoisotopic (exact) mass is 608 g/mol. The van der Waals surface area contributed by atoms with Crippen LogP contribution in [0.1, 0.15) is 200 Å². The highest BCUT2D eigenvalue weighted by atomic mass is 16.4. The Morgan fingerprint density at radius 3 is 1.23 bits per heavy atom. The first-order valence-electron chi connectivity index (χ1n) is 18.6. The Bertz CT molecular complexity index is 726. The molecule has 1 aliphatic heterocycles. The van der Waals surface area contributed by atoms with E-state index >= 15 is 0 Å². The summed E-state index contributed by atoms with van der Waals surface area (Å²) >= 11 is 0. The summed E-state index contributed by atoms with van der Waals surface area (Å²) in [4.78, 5) is 40.0. The summed E-state index contributed by atoms with van der Waals surface area (Å²) in [7, 11) is 0. The molecule has 6 heteroatoms. The van der Waals surface area contributed by atoms with Crippen molar-refractivity contribution in [2.24, 2.45) is 0 Å². The third-order valence-corrected chi connectivity index (χ3v) is 9.50. The minimum Gasteiger partial charge on any atom is -0.479 e. The van der Waals surface area contributed by atoms with Gasteiger partial charge in [0.05, 0.1) is 6.10 Å². The van der Waals surface area contributed by atoms with Gasteiger partial charge in [0.1, 0.15) is 0 Å². The van der Waals surface area contributed by atoms with Gasteiger partial charge in [-0.2, -0.15) is 0 Å². The van der Waals surface area contributed by atoms with E-state index in [0.29, 0.717) is 12.8 Å². The molecule has 1 amide bonds. The normalized spacial score (nSPS) is 18.4. The van der Waals surface area contributed by atoms with Crippen LogP contribution in [0.5, 0.6) is 0 Å². The molecule has 0 spiro atoms. The van der Waals surface area contributed by atoms with Crippen molar-refractivity contribution < 1.29 is 24.6 Å². The molecule has 0 radical (unpaired) electrons. The number of carboxylic acids is 1. The summed E-state index contributed by atoms with van der Waals surface area (Å²) in [6, 6.07) is 0. The fourth-order valence-corrected chi connectivity index (χ4v) is 6.72. The van der Waals surface area contributed by atoms with E-state index in [-0.39, 0.29) is 31.7 Å². The first kappa shape index (κ1) is 39.6. The number of carboxylic acid groups (broad SMARTS) is 1. The molecule has 1 rings (SSSR count). The van der Waals surface area contributed by atoms with E-state index in [9.17, 15) is 24.6 Å². The Kier molecular flexibility index (Phi) is 23.8. The molecular formula is C37H69NO5. The number of amides is 1. The number of aliphatic carboxylic acids is 1. The van der Waals surface area contributed by atoms with E-state index < -0.39 is 23.4 Å². The Labute approximate surface area is 265 Å². The van der Waals surface area contributed by atoms with Crippen LogP contribution in [0.2, 0.25) is 0 Å². The lowest BCUT2D eigenvalue weighted by atomic mass is 9.86. The van der Waals surface area contributed by atoms with Gasteiger partial charge in [-0.3, -0.25) is 9.59 Å². The number of β-amino-alcohol motifs (C(OH)–C–C–N with tert-alkyl or cyclic N) is 1. The van der Waals surface area contributed by atoms with Crippen LogP contribution in [0.15, 0.2) is 0 Å². The number of ketones is 1. The van der Waals surface area contributed by atoms with Crippen molar-refractivity contribution in [3.05, 3.63) is 0 Å². The molecule has 252 valence electrons. The smallest absolute Gasteiger partial charge is 0.337 e. The molecule has 0 aromatic carbocycles. The standard InChI is InChI=1S/C37H69NO5/c1-3-5-7-9-11-13-15-17-19-21-23-25-27-29-34(40)37(36(42)43)31-33(39)32-38(37)35(41)30-28-26-24-22-20-18-16-14-12-10-8-6-4-2/h33,39H,3-32H2,1-2H3,(H,42,43)/t33?,37-/m1/s1. The summed E-state index contributed by atoms with van der Waals surface area (Å²) in [5.74, 6) is -2.01. The van der Waals surface area contributed by atoms with Crippen molar-refractivity contribution in [2.75, 3.05) is 6.54 Å². The number of carbonyl (C=O) groups is 3. The molecule has 0 aliphatic carbocycles. The minimum absolute atomic E-state index is 0.0616. The van der Waals surface area contributed by atoms with Crippen molar-refractivity contribution in [3.8, 4) is 0 Å². The maximum atomic E-state index is 13.3. The molecule has 0 aromatic rings. The van der Waals surface area contributed by atoms with Crippen molar-refractivity contribution in [2.45, 2.75) is 212 Å². The molecule has 0 bridgehead atoms. The maximum absolute atomic E-state index is 13.3. The predicted molar refractivity (Wildman–Crippen MR) is 178 cm³/mol. The molecule has 1 saturated heterocycles. The Morgan fingerprint density at radius 2 is 0.884 bits per heavy atom. The number of carbonyl (C=O) groups excluding carboxylic acids is 2. The highest BCUT2D eigenvalue weighted by molar-refractivity contribution is 6.10. The Hall–Kier alpha value is -1.43. The molecule has 43 heavy (non-hydrogen) atoms. The third kappa shape index (κ3) is 17.0. The lowest BCUT2D eigenvalue weighted by Gasteiger charge is -2.33. The molecule has 1 fully saturated rings. The zero-order valence-electron chi connectivity index (χ0n) is 28.4. The van der Waals surface area contributed by atoms with E-state index in [0.717, 1.165) is 32.1 Å². The summed E-state index contributed by atoms with van der Waals surface area (Å²) in [6.45, 7) is 4.43. The number of rotatable bonds is 30. The van der Waals surface area contributed by atoms with Crippen molar-refractivity contribution in [1.29, 1.82) is 0 Å². The number of likely N-dealkylation sites (tertiary alicyclic amines) is 1. The lowest BCUT2D eigenvalue weighted by molar-refractivity contribution is -0.162. The zero-order chi connectivity index (χ0) is 31.6. The molecule has 0 saturated carbocycles. The van der Waals surface area contributed by atoms with Crippen LogP contribution in [0.4, 0.5) is 0 Å². The second-order valence-corrected chi connectivity index (χ2v) is 13.4. The highest BCUT2D eigenvalue weighted by Crippen LogP contribution is 2.34. The van der Waals surface area contributed by atoms with Gasteiger partial charge in [0, 0.05) is 25.8 Å². The number of Topliss-reactive ketones (excluding diaryl/α,β-unsaturated/α-hetero) is 1. The van der Waals surface area contributed by atoms with Gasteiger partial charge in [-0.1, -0.05) is 168 Å². The van der Waals surface area contributed by atoms with E-state index in [4.69, 9.17) is 0 Å². The first-order valence-corrected chi connectivity index (χ1v) is 18.6. The van der Waals surface area contributed by atoms with Gasteiger partial charge in [0.2, 0.25) is 11.4 Å². The van der Waals surface area contributed by atoms with E-state index in [1.54, 1.807) is 0 Å². The average Bonchev–Trinajstić information content (AvgIpc) is 3.36. The van der Waals surface area contributed by atoms with Crippen molar-refractivity contribution in [3.63, 3.8) is 0 Å². The second-order valence-electron chi connectivity index (χ2n) is 13.4. The van der Waals surface area contributed by atoms with E-state index in [1.165, 1.54) is 127 Å². The SMILES string of the molecule is CCCCCCCCCCCCCCCC(=O)N1CC(O)C[C@]1(C(=O)O)C(=O)CCCCCCCCCCCCCCC. The Morgan fingerprint density at radius 1 is 0.558 bits per heavy atom. The molecule has 6 nitrogen and oxygen atoms in total. The molecular weight excluding hydrogens is 538 g/mol. The number of unbranched alkanes of at least 4 members (excludes halogenated alkanes) is 24. The molecule has 1 unspecified atom stereocenters. The van der Waals surface area contributed by atoms with Crippen LogP contribution >= 0.6 is 0 Å². The Balaban J connectivity index is 2.26. The molecule has 0 aromatic heterocycles. The van der Waals surface area contributed by atoms with Crippen molar-refractivity contribution >= 4 is 17.7 Å². The summed E-state index contributed by atoms with van der Waals surface area (Å²) in [5, 5.41) is 20.5. The minimum atomic E-state index is -1.90. The van der Waals surface area contributed by atoms with Crippen LogP contribution in [-0.4, -0.2) is 51.0 Å². The molecule has 2 atom stereocenters. The van der Waals surface area contributed by atoms with Crippen LogP contribution in [-0.2, 0) is 14.4 Å². The lowest BCUT2D eigenvalue weighted by Crippen LogP contribution is -2.58. The fourth-order valence-electron chi connectivity index (χ4n) is 6.72. The molecule has 1 heterocycles. The van der Waals surface area contributed by atoms with Gasteiger partial charge in [0.25, 0.3) is 0 Å².